The first-order valence-electron chi connectivity index (χ1n) is 8.90. The van der Waals surface area contributed by atoms with Crippen LogP contribution in [-0.2, 0) is 20.9 Å². The average molecular weight is 346 g/mol. The van der Waals surface area contributed by atoms with E-state index in [4.69, 9.17) is 4.74 Å². The fourth-order valence-electron chi connectivity index (χ4n) is 3.37. The molecule has 2 saturated heterocycles. The summed E-state index contributed by atoms with van der Waals surface area (Å²) >= 11 is 0. The molecule has 136 valence electrons. The Kier molecular flexibility index (Phi) is 5.99. The number of pyridine rings is 1. The second-order valence-corrected chi connectivity index (χ2v) is 6.82. The van der Waals surface area contributed by atoms with E-state index in [0.717, 1.165) is 38.5 Å². The maximum absolute atomic E-state index is 12.5. The molecule has 2 aliphatic heterocycles. The zero-order chi connectivity index (χ0) is 17.6. The third kappa shape index (κ3) is 4.99. The average Bonchev–Trinajstić information content (AvgIpc) is 2.97. The van der Waals surface area contributed by atoms with Crippen LogP contribution in [0.5, 0.6) is 0 Å². The van der Waals surface area contributed by atoms with Crippen molar-refractivity contribution in [3.8, 4) is 0 Å². The largest absolute Gasteiger partial charge is 0.379 e. The molecule has 3 heterocycles. The number of likely N-dealkylation sites (tertiary alicyclic amines) is 1. The topological polar surface area (TPSA) is 74.8 Å². The van der Waals surface area contributed by atoms with Crippen LogP contribution in [-0.4, -0.2) is 72.0 Å². The lowest BCUT2D eigenvalue weighted by Gasteiger charge is -2.29. The Morgan fingerprint density at radius 1 is 1.40 bits per heavy atom. The fourth-order valence-corrected chi connectivity index (χ4v) is 3.37. The van der Waals surface area contributed by atoms with Crippen LogP contribution < -0.4 is 5.32 Å². The molecule has 0 bridgehead atoms. The van der Waals surface area contributed by atoms with Crippen LogP contribution in [0.4, 0.5) is 0 Å². The Labute approximate surface area is 148 Å². The highest BCUT2D eigenvalue weighted by atomic mass is 16.5. The van der Waals surface area contributed by atoms with Gasteiger partial charge in [0.25, 0.3) is 0 Å². The molecule has 2 aliphatic rings. The molecule has 25 heavy (non-hydrogen) atoms. The molecule has 7 heteroatoms. The van der Waals surface area contributed by atoms with Crippen LogP contribution in [0.3, 0.4) is 0 Å². The second-order valence-electron chi connectivity index (χ2n) is 6.82. The van der Waals surface area contributed by atoms with Crippen molar-refractivity contribution in [1.29, 1.82) is 0 Å². The predicted octanol–water partition coefficient (Wildman–Crippen LogP) is 0.267. The van der Waals surface area contributed by atoms with Crippen LogP contribution >= 0.6 is 0 Å². The van der Waals surface area contributed by atoms with E-state index in [1.807, 2.05) is 25.1 Å². The molecule has 0 saturated carbocycles. The zero-order valence-electron chi connectivity index (χ0n) is 14.7. The number of ether oxygens (including phenoxy) is 1. The van der Waals surface area contributed by atoms with Gasteiger partial charge in [-0.2, -0.15) is 0 Å². The summed E-state index contributed by atoms with van der Waals surface area (Å²) in [5, 5.41) is 3.06. The van der Waals surface area contributed by atoms with E-state index in [9.17, 15) is 9.59 Å². The van der Waals surface area contributed by atoms with E-state index in [-0.39, 0.29) is 30.2 Å². The monoisotopic (exact) mass is 346 g/mol. The summed E-state index contributed by atoms with van der Waals surface area (Å²) in [7, 11) is 0. The van der Waals surface area contributed by atoms with Gasteiger partial charge >= 0.3 is 0 Å². The fraction of sp³-hybridized carbons (Fsp3) is 0.611. The molecule has 2 amide bonds. The number of hydrogen-bond donors (Lipinski definition) is 1. The molecular formula is C18H26N4O3. The van der Waals surface area contributed by atoms with Crippen LogP contribution in [0.25, 0.3) is 0 Å². The Bertz CT molecular complexity index is 589. The minimum absolute atomic E-state index is 0.0200. The Hall–Kier alpha value is -1.99. The summed E-state index contributed by atoms with van der Waals surface area (Å²) in [6.07, 6.45) is 2.00. The minimum atomic E-state index is -0.275. The van der Waals surface area contributed by atoms with Crippen LogP contribution in [0.15, 0.2) is 24.4 Å². The highest BCUT2D eigenvalue weighted by Gasteiger charge is 2.34. The van der Waals surface area contributed by atoms with Crippen molar-refractivity contribution in [2.45, 2.75) is 25.9 Å². The van der Waals surface area contributed by atoms with Gasteiger partial charge in [0.05, 0.1) is 31.4 Å². The molecule has 0 aromatic carbocycles. The molecule has 7 nitrogen and oxygen atoms in total. The molecule has 0 radical (unpaired) electrons. The van der Waals surface area contributed by atoms with E-state index in [1.54, 1.807) is 11.1 Å². The van der Waals surface area contributed by atoms with Crippen molar-refractivity contribution in [3.05, 3.63) is 30.1 Å². The number of nitrogens with one attached hydrogen (secondary N) is 1. The van der Waals surface area contributed by atoms with Crippen molar-refractivity contribution >= 4 is 11.8 Å². The van der Waals surface area contributed by atoms with Gasteiger partial charge in [0.2, 0.25) is 11.8 Å². The van der Waals surface area contributed by atoms with Crippen molar-refractivity contribution in [1.82, 2.24) is 20.1 Å². The number of hydrogen-bond acceptors (Lipinski definition) is 5. The summed E-state index contributed by atoms with van der Waals surface area (Å²) in [6, 6.07) is 5.71. The Morgan fingerprint density at radius 3 is 2.92 bits per heavy atom. The molecule has 0 aliphatic carbocycles. The number of carbonyl (C=O) groups is 2. The smallest absolute Gasteiger partial charge is 0.225 e. The zero-order valence-corrected chi connectivity index (χ0v) is 14.7. The maximum atomic E-state index is 12.5. The molecule has 0 spiro atoms. The number of morpholine rings is 1. The van der Waals surface area contributed by atoms with E-state index in [2.05, 4.69) is 15.2 Å². The number of rotatable bonds is 6. The molecule has 1 aromatic heterocycles. The van der Waals surface area contributed by atoms with Gasteiger partial charge in [0.15, 0.2) is 0 Å². The Morgan fingerprint density at radius 2 is 2.20 bits per heavy atom. The van der Waals surface area contributed by atoms with Gasteiger partial charge in [-0.15, -0.1) is 0 Å². The lowest BCUT2D eigenvalue weighted by molar-refractivity contribution is -0.129. The normalized spacial score (nSPS) is 22.8. The lowest BCUT2D eigenvalue weighted by atomic mass is 10.1. The first-order valence-corrected chi connectivity index (χ1v) is 8.90. The first kappa shape index (κ1) is 17.8. The van der Waals surface area contributed by atoms with Crippen molar-refractivity contribution in [2.24, 2.45) is 5.92 Å². The van der Waals surface area contributed by atoms with Crippen molar-refractivity contribution < 1.29 is 14.3 Å². The van der Waals surface area contributed by atoms with Gasteiger partial charge in [-0.25, -0.2) is 0 Å². The molecule has 1 aromatic rings. The third-order valence-electron chi connectivity index (χ3n) is 4.69. The molecule has 1 N–H and O–H groups in total. The van der Waals surface area contributed by atoms with E-state index < -0.39 is 0 Å². The predicted molar refractivity (Wildman–Crippen MR) is 92.6 cm³/mol. The van der Waals surface area contributed by atoms with Crippen LogP contribution in [0.2, 0.25) is 0 Å². The van der Waals surface area contributed by atoms with E-state index in [0.29, 0.717) is 13.1 Å². The molecule has 0 unspecified atom stereocenters. The molecule has 3 rings (SSSR count). The second kappa shape index (κ2) is 8.40. The Balaban J connectivity index is 1.46. The van der Waals surface area contributed by atoms with Gasteiger partial charge in [0, 0.05) is 44.8 Å². The van der Waals surface area contributed by atoms with Crippen LogP contribution in [0, 0.1) is 5.92 Å². The summed E-state index contributed by atoms with van der Waals surface area (Å²) < 4.78 is 5.34. The minimum Gasteiger partial charge on any atom is -0.379 e. The molecular weight excluding hydrogens is 320 g/mol. The van der Waals surface area contributed by atoms with Gasteiger partial charge in [0.1, 0.15) is 0 Å². The summed E-state index contributed by atoms with van der Waals surface area (Å²) in [5.41, 5.74) is 0.845. The maximum Gasteiger partial charge on any atom is 0.225 e. The van der Waals surface area contributed by atoms with Gasteiger partial charge in [-0.1, -0.05) is 6.07 Å². The summed E-state index contributed by atoms with van der Waals surface area (Å²) in [6.45, 7) is 7.06. The number of nitrogens with zero attached hydrogens (tertiary/aromatic N) is 3. The number of carbonyl (C=O) groups excluding carboxylic acids is 2. The van der Waals surface area contributed by atoms with Crippen molar-refractivity contribution in [3.63, 3.8) is 0 Å². The van der Waals surface area contributed by atoms with Gasteiger partial charge in [-0.05, 0) is 19.1 Å². The quantitative estimate of drug-likeness (QED) is 0.800. The highest BCUT2D eigenvalue weighted by molar-refractivity contribution is 5.89. The molecule has 2 atom stereocenters. The van der Waals surface area contributed by atoms with E-state index in [1.165, 1.54) is 0 Å². The van der Waals surface area contributed by atoms with E-state index >= 15 is 0 Å². The first-order chi connectivity index (χ1) is 12.1. The molecule has 2 fully saturated rings. The highest BCUT2D eigenvalue weighted by Crippen LogP contribution is 2.20. The number of amides is 2. The van der Waals surface area contributed by atoms with Crippen LogP contribution in [0.1, 0.15) is 19.0 Å². The third-order valence-corrected chi connectivity index (χ3v) is 4.69. The summed E-state index contributed by atoms with van der Waals surface area (Å²) in [5.74, 6) is -0.285. The van der Waals surface area contributed by atoms with Crippen molar-refractivity contribution in [2.75, 3.05) is 39.4 Å². The summed E-state index contributed by atoms with van der Waals surface area (Å²) in [4.78, 5) is 32.9. The SMILES string of the molecule is C[C@@H](CN1CCOCC1)NC(=O)[C@@H]1CC(=O)N(Cc2ccccn2)C1. The lowest BCUT2D eigenvalue weighted by Crippen LogP contribution is -2.47. The standard InChI is InChI=1S/C18H26N4O3/c1-14(11-21-6-8-25-9-7-21)20-18(24)15-10-17(23)22(12-15)13-16-4-2-3-5-19-16/h2-5,14-15H,6-13H2,1H3,(H,20,24)/t14-,15+/m0/s1. The van der Waals surface area contributed by atoms with Gasteiger partial charge in [-0.3, -0.25) is 19.5 Å². The number of aromatic nitrogens is 1. The van der Waals surface area contributed by atoms with Gasteiger partial charge < -0.3 is 15.0 Å².